The van der Waals surface area contributed by atoms with Crippen LogP contribution in [0.5, 0.6) is 5.75 Å². The number of methoxy groups -OCH3 is 1. The summed E-state index contributed by atoms with van der Waals surface area (Å²) in [7, 11) is 1.69. The van der Waals surface area contributed by atoms with Crippen molar-refractivity contribution in [3.63, 3.8) is 0 Å². The number of hydrogen-bond acceptors (Lipinski definition) is 2. The molecule has 1 aromatic heterocycles. The lowest BCUT2D eigenvalue weighted by molar-refractivity contribution is 0.415. The number of benzene rings is 2. The average molecular weight is 264 g/mol. The van der Waals surface area contributed by atoms with Crippen LogP contribution in [0.15, 0.2) is 48.5 Å². The molecule has 1 N–H and O–H groups in total. The molecule has 3 nitrogen and oxygen atoms in total. The van der Waals surface area contributed by atoms with Crippen molar-refractivity contribution in [2.75, 3.05) is 7.11 Å². The first-order valence-corrected chi connectivity index (χ1v) is 6.94. The summed E-state index contributed by atoms with van der Waals surface area (Å²) < 4.78 is 5.25. The summed E-state index contributed by atoms with van der Waals surface area (Å²) in [6, 6.07) is 16.7. The molecule has 1 aliphatic carbocycles. The molecule has 1 aliphatic rings. The van der Waals surface area contributed by atoms with Gasteiger partial charge < -0.3 is 9.72 Å². The zero-order valence-corrected chi connectivity index (χ0v) is 11.3. The second-order valence-electron chi connectivity index (χ2n) is 5.36. The van der Waals surface area contributed by atoms with Crippen molar-refractivity contribution in [1.29, 1.82) is 0 Å². The summed E-state index contributed by atoms with van der Waals surface area (Å²) in [5.41, 5.74) is 3.48. The minimum Gasteiger partial charge on any atom is -0.497 e. The number of nitrogens with zero attached hydrogens (tertiary/aromatic N) is 1. The molecule has 20 heavy (non-hydrogen) atoms. The number of hydrogen-bond donors (Lipinski definition) is 1. The monoisotopic (exact) mass is 264 g/mol. The van der Waals surface area contributed by atoms with Gasteiger partial charge in [0.25, 0.3) is 0 Å². The Kier molecular flexibility index (Phi) is 2.52. The minimum atomic E-state index is 0.524. The summed E-state index contributed by atoms with van der Waals surface area (Å²) in [5, 5.41) is 0. The van der Waals surface area contributed by atoms with Crippen molar-refractivity contribution in [1.82, 2.24) is 9.97 Å². The van der Waals surface area contributed by atoms with E-state index in [0.717, 1.165) is 22.6 Å². The predicted molar refractivity (Wildman–Crippen MR) is 79.2 cm³/mol. The third kappa shape index (κ3) is 1.86. The molecule has 1 saturated carbocycles. The van der Waals surface area contributed by atoms with E-state index in [9.17, 15) is 0 Å². The van der Waals surface area contributed by atoms with Gasteiger partial charge in [0.15, 0.2) is 0 Å². The third-order valence-electron chi connectivity index (χ3n) is 4.08. The smallest absolute Gasteiger partial charge is 0.121 e. The summed E-state index contributed by atoms with van der Waals surface area (Å²) in [5.74, 6) is 3.10. The van der Waals surface area contributed by atoms with Crippen LogP contribution in [-0.4, -0.2) is 17.1 Å². The number of H-pyrrole nitrogens is 1. The number of aromatic nitrogens is 2. The van der Waals surface area contributed by atoms with Crippen molar-refractivity contribution < 1.29 is 4.74 Å². The van der Waals surface area contributed by atoms with Crippen LogP contribution in [0.3, 0.4) is 0 Å². The molecule has 2 atom stereocenters. The first-order valence-electron chi connectivity index (χ1n) is 6.94. The summed E-state index contributed by atoms with van der Waals surface area (Å²) in [4.78, 5) is 8.16. The lowest BCUT2D eigenvalue weighted by Gasteiger charge is -1.97. The summed E-state index contributed by atoms with van der Waals surface area (Å²) in [6.07, 6.45) is 1.18. The normalized spacial score (nSPS) is 21.1. The Morgan fingerprint density at radius 1 is 1.10 bits per heavy atom. The third-order valence-corrected chi connectivity index (χ3v) is 4.08. The van der Waals surface area contributed by atoms with Gasteiger partial charge in [0.05, 0.1) is 18.1 Å². The zero-order valence-electron chi connectivity index (χ0n) is 11.3. The molecule has 0 spiro atoms. The maximum atomic E-state index is 5.25. The van der Waals surface area contributed by atoms with Crippen LogP contribution >= 0.6 is 0 Å². The molecule has 2 unspecified atom stereocenters. The Morgan fingerprint density at radius 2 is 1.95 bits per heavy atom. The molecule has 0 amide bonds. The highest BCUT2D eigenvalue weighted by Crippen LogP contribution is 2.53. The molecule has 3 aromatic rings. The topological polar surface area (TPSA) is 37.9 Å². The molecule has 3 heteroatoms. The highest BCUT2D eigenvalue weighted by Gasteiger charge is 2.41. The van der Waals surface area contributed by atoms with Gasteiger partial charge in [0, 0.05) is 12.0 Å². The van der Waals surface area contributed by atoms with Gasteiger partial charge in [-0.1, -0.05) is 30.3 Å². The largest absolute Gasteiger partial charge is 0.497 e. The van der Waals surface area contributed by atoms with E-state index < -0.39 is 0 Å². The van der Waals surface area contributed by atoms with Crippen molar-refractivity contribution >= 4 is 11.0 Å². The Bertz CT molecular complexity index is 748. The van der Waals surface area contributed by atoms with Crippen LogP contribution in [0.2, 0.25) is 0 Å². The number of nitrogens with one attached hydrogen (secondary N) is 1. The van der Waals surface area contributed by atoms with Crippen LogP contribution in [0.1, 0.15) is 29.6 Å². The fraction of sp³-hybridized carbons (Fsp3) is 0.235. The average Bonchev–Trinajstić information content (AvgIpc) is 3.20. The first-order chi connectivity index (χ1) is 9.85. The van der Waals surface area contributed by atoms with E-state index in [0.29, 0.717) is 11.8 Å². The van der Waals surface area contributed by atoms with E-state index in [4.69, 9.17) is 9.72 Å². The first kappa shape index (κ1) is 11.5. The van der Waals surface area contributed by atoms with Crippen LogP contribution in [-0.2, 0) is 0 Å². The van der Waals surface area contributed by atoms with Gasteiger partial charge in [-0.2, -0.15) is 0 Å². The predicted octanol–water partition coefficient (Wildman–Crippen LogP) is 3.84. The van der Waals surface area contributed by atoms with E-state index in [1.807, 2.05) is 18.2 Å². The van der Waals surface area contributed by atoms with E-state index in [1.54, 1.807) is 7.11 Å². The Balaban J connectivity index is 1.64. The zero-order chi connectivity index (χ0) is 13.5. The number of fused-ring (bicyclic) bond motifs is 1. The second-order valence-corrected chi connectivity index (χ2v) is 5.36. The second kappa shape index (κ2) is 4.37. The fourth-order valence-corrected chi connectivity index (χ4v) is 2.88. The molecular weight excluding hydrogens is 248 g/mol. The van der Waals surface area contributed by atoms with Crippen molar-refractivity contribution in [3.8, 4) is 5.75 Å². The van der Waals surface area contributed by atoms with Crippen LogP contribution in [0, 0.1) is 0 Å². The summed E-state index contributed by atoms with van der Waals surface area (Å²) >= 11 is 0. The Labute approximate surface area is 117 Å². The van der Waals surface area contributed by atoms with Crippen LogP contribution < -0.4 is 4.74 Å². The number of imidazole rings is 1. The van der Waals surface area contributed by atoms with Crippen LogP contribution in [0.25, 0.3) is 11.0 Å². The van der Waals surface area contributed by atoms with Crippen LogP contribution in [0.4, 0.5) is 0 Å². The van der Waals surface area contributed by atoms with Crippen molar-refractivity contribution in [3.05, 3.63) is 59.9 Å². The van der Waals surface area contributed by atoms with E-state index >= 15 is 0 Å². The molecule has 2 aromatic carbocycles. The highest BCUT2D eigenvalue weighted by atomic mass is 16.5. The quantitative estimate of drug-likeness (QED) is 0.780. The van der Waals surface area contributed by atoms with Gasteiger partial charge >= 0.3 is 0 Å². The molecular formula is C17H16N2O. The molecule has 0 bridgehead atoms. The fourth-order valence-electron chi connectivity index (χ4n) is 2.88. The lowest BCUT2D eigenvalue weighted by atomic mass is 10.1. The molecule has 0 saturated heterocycles. The van der Waals surface area contributed by atoms with Gasteiger partial charge in [0.2, 0.25) is 0 Å². The highest BCUT2D eigenvalue weighted by molar-refractivity contribution is 5.77. The standard InChI is InChI=1S/C17H16N2O/c1-20-12-7-8-15-16(9-12)19-17(18-15)14-10-13(14)11-5-3-2-4-6-11/h2-9,13-14H,10H2,1H3,(H,18,19). The minimum absolute atomic E-state index is 0.524. The van der Waals surface area contributed by atoms with E-state index in [-0.39, 0.29) is 0 Å². The van der Waals surface area contributed by atoms with Gasteiger partial charge in [-0.15, -0.1) is 0 Å². The molecule has 0 radical (unpaired) electrons. The molecule has 4 rings (SSSR count). The molecule has 0 aliphatic heterocycles. The number of rotatable bonds is 3. The van der Waals surface area contributed by atoms with Gasteiger partial charge in [-0.3, -0.25) is 0 Å². The molecule has 1 fully saturated rings. The maximum absolute atomic E-state index is 5.25. The lowest BCUT2D eigenvalue weighted by Crippen LogP contribution is -1.86. The maximum Gasteiger partial charge on any atom is 0.121 e. The SMILES string of the molecule is COc1ccc2nc(C3CC3c3ccccc3)[nH]c2c1. The van der Waals surface area contributed by atoms with Gasteiger partial charge in [0.1, 0.15) is 11.6 Å². The molecule has 100 valence electrons. The summed E-state index contributed by atoms with van der Waals surface area (Å²) in [6.45, 7) is 0. The van der Waals surface area contributed by atoms with Gasteiger partial charge in [-0.25, -0.2) is 4.98 Å². The van der Waals surface area contributed by atoms with E-state index in [2.05, 4.69) is 35.3 Å². The van der Waals surface area contributed by atoms with Gasteiger partial charge in [-0.05, 0) is 30.0 Å². The number of ether oxygens (including phenoxy) is 1. The molecule has 1 heterocycles. The Morgan fingerprint density at radius 3 is 2.75 bits per heavy atom. The number of aromatic amines is 1. The Hall–Kier alpha value is -2.29. The van der Waals surface area contributed by atoms with Crippen molar-refractivity contribution in [2.24, 2.45) is 0 Å². The van der Waals surface area contributed by atoms with E-state index in [1.165, 1.54) is 12.0 Å². The van der Waals surface area contributed by atoms with Crippen molar-refractivity contribution in [2.45, 2.75) is 18.3 Å².